The molecule has 0 saturated heterocycles. The van der Waals surface area contributed by atoms with Gasteiger partial charge in [-0.25, -0.2) is 18.4 Å². The zero-order valence-corrected chi connectivity index (χ0v) is 18.3. The molecule has 1 aliphatic heterocycles. The quantitative estimate of drug-likeness (QED) is 0.525. The van der Waals surface area contributed by atoms with Crippen LogP contribution in [0.3, 0.4) is 0 Å². The van der Waals surface area contributed by atoms with Crippen LogP contribution in [0.4, 0.5) is 5.69 Å². The van der Waals surface area contributed by atoms with Crippen LogP contribution >= 0.6 is 23.2 Å². The Bertz CT molecular complexity index is 1200. The standard InChI is InChI=1S/C21H19Cl2N3O2S/c1-3-19-24-20-16-9-6-14(22)12-18(16)26(11-10-17(20)21(23)25-19)29(27,28)15-7-4-13(2)5-8-15/h4-9,12H,3,10-11H2,1-2H3. The van der Waals surface area contributed by atoms with Crippen molar-refractivity contribution in [1.82, 2.24) is 9.97 Å². The van der Waals surface area contributed by atoms with Crippen LogP contribution in [-0.4, -0.2) is 24.9 Å². The van der Waals surface area contributed by atoms with E-state index in [9.17, 15) is 8.42 Å². The molecular formula is C21H19Cl2N3O2S. The van der Waals surface area contributed by atoms with Crippen molar-refractivity contribution in [2.75, 3.05) is 10.8 Å². The van der Waals surface area contributed by atoms with Crippen LogP contribution in [0, 0.1) is 6.92 Å². The van der Waals surface area contributed by atoms with Crippen molar-refractivity contribution in [2.24, 2.45) is 0 Å². The van der Waals surface area contributed by atoms with Gasteiger partial charge in [-0.15, -0.1) is 0 Å². The maximum Gasteiger partial charge on any atom is 0.264 e. The van der Waals surface area contributed by atoms with E-state index in [1.54, 1.807) is 42.5 Å². The van der Waals surface area contributed by atoms with Gasteiger partial charge in [-0.3, -0.25) is 4.31 Å². The molecule has 0 bridgehead atoms. The molecule has 4 rings (SSSR count). The van der Waals surface area contributed by atoms with Gasteiger partial charge in [0.25, 0.3) is 10.0 Å². The predicted octanol–water partition coefficient (Wildman–Crippen LogP) is 5.07. The fraction of sp³-hybridized carbons (Fsp3) is 0.238. The number of hydrogen-bond acceptors (Lipinski definition) is 4. The van der Waals surface area contributed by atoms with Gasteiger partial charge in [-0.2, -0.15) is 0 Å². The van der Waals surface area contributed by atoms with Crippen molar-refractivity contribution < 1.29 is 8.42 Å². The molecule has 0 radical (unpaired) electrons. The molecule has 0 aliphatic carbocycles. The summed E-state index contributed by atoms with van der Waals surface area (Å²) in [4.78, 5) is 9.24. The largest absolute Gasteiger partial charge is 0.265 e. The maximum absolute atomic E-state index is 13.5. The van der Waals surface area contributed by atoms with Crippen molar-refractivity contribution >= 4 is 38.9 Å². The molecule has 1 aliphatic rings. The van der Waals surface area contributed by atoms with E-state index in [2.05, 4.69) is 9.97 Å². The van der Waals surface area contributed by atoms with E-state index < -0.39 is 10.0 Å². The molecule has 150 valence electrons. The number of hydrogen-bond donors (Lipinski definition) is 0. The first-order valence-corrected chi connectivity index (χ1v) is 11.5. The van der Waals surface area contributed by atoms with Crippen LogP contribution in [0.5, 0.6) is 0 Å². The molecule has 0 atom stereocenters. The van der Waals surface area contributed by atoms with Gasteiger partial charge >= 0.3 is 0 Å². The van der Waals surface area contributed by atoms with E-state index in [1.807, 2.05) is 13.8 Å². The lowest BCUT2D eigenvalue weighted by molar-refractivity contribution is 0.591. The minimum absolute atomic E-state index is 0.213. The van der Waals surface area contributed by atoms with E-state index in [0.717, 1.165) is 11.1 Å². The van der Waals surface area contributed by atoms with Crippen LogP contribution in [0.1, 0.15) is 23.9 Å². The Kier molecular flexibility index (Phi) is 5.27. The molecule has 1 aromatic heterocycles. The molecule has 0 fully saturated rings. The average molecular weight is 448 g/mol. The smallest absolute Gasteiger partial charge is 0.264 e. The second-order valence-electron chi connectivity index (χ2n) is 6.91. The molecule has 0 unspecified atom stereocenters. The van der Waals surface area contributed by atoms with Gasteiger partial charge in [0.2, 0.25) is 0 Å². The molecule has 8 heteroatoms. The van der Waals surface area contributed by atoms with Crippen LogP contribution in [-0.2, 0) is 22.9 Å². The van der Waals surface area contributed by atoms with Crippen molar-refractivity contribution in [3.63, 3.8) is 0 Å². The van der Waals surface area contributed by atoms with E-state index in [0.29, 0.717) is 45.8 Å². The number of nitrogens with zero attached hydrogens (tertiary/aromatic N) is 3. The van der Waals surface area contributed by atoms with E-state index in [1.165, 1.54) is 4.31 Å². The summed E-state index contributed by atoms with van der Waals surface area (Å²) in [6.45, 7) is 4.08. The van der Waals surface area contributed by atoms with Crippen molar-refractivity contribution in [1.29, 1.82) is 0 Å². The zero-order valence-electron chi connectivity index (χ0n) is 16.0. The number of sulfonamides is 1. The van der Waals surface area contributed by atoms with E-state index >= 15 is 0 Å². The Morgan fingerprint density at radius 3 is 2.48 bits per heavy atom. The summed E-state index contributed by atoms with van der Waals surface area (Å²) in [5.41, 5.74) is 3.57. The summed E-state index contributed by atoms with van der Waals surface area (Å²) < 4.78 is 28.4. The minimum atomic E-state index is -3.80. The fourth-order valence-corrected chi connectivity index (χ4v) is 5.36. The third-order valence-electron chi connectivity index (χ3n) is 4.98. The van der Waals surface area contributed by atoms with Crippen LogP contribution in [0.15, 0.2) is 47.4 Å². The molecule has 2 heterocycles. The summed E-state index contributed by atoms with van der Waals surface area (Å²) in [5, 5.41) is 0.814. The molecule has 3 aromatic rings. The van der Waals surface area contributed by atoms with Gasteiger partial charge in [-0.05, 0) is 43.7 Å². The zero-order chi connectivity index (χ0) is 20.8. The Balaban J connectivity index is 1.94. The predicted molar refractivity (Wildman–Crippen MR) is 116 cm³/mol. The van der Waals surface area contributed by atoms with Crippen molar-refractivity contribution in [3.05, 3.63) is 69.6 Å². The number of rotatable bonds is 3. The Labute approximate surface area is 180 Å². The lowest BCUT2D eigenvalue weighted by Gasteiger charge is -2.24. The third kappa shape index (κ3) is 3.61. The normalized spacial score (nSPS) is 13.6. The lowest BCUT2D eigenvalue weighted by atomic mass is 10.0. The molecule has 0 saturated carbocycles. The number of aromatic nitrogens is 2. The highest BCUT2D eigenvalue weighted by molar-refractivity contribution is 7.92. The number of halogens is 2. The Hall–Kier alpha value is -2.15. The second kappa shape index (κ2) is 7.59. The summed E-state index contributed by atoms with van der Waals surface area (Å²) in [6.07, 6.45) is 1.02. The molecule has 2 aromatic carbocycles. The Morgan fingerprint density at radius 1 is 1.07 bits per heavy atom. The number of aryl methyl sites for hydroxylation is 2. The first kappa shape index (κ1) is 20.1. The highest BCUT2D eigenvalue weighted by Gasteiger charge is 2.32. The molecule has 29 heavy (non-hydrogen) atoms. The average Bonchev–Trinajstić information content (AvgIpc) is 2.85. The van der Waals surface area contributed by atoms with Gasteiger partial charge in [0.1, 0.15) is 11.0 Å². The highest BCUT2D eigenvalue weighted by atomic mass is 35.5. The van der Waals surface area contributed by atoms with Crippen LogP contribution < -0.4 is 4.31 Å². The molecular weight excluding hydrogens is 429 g/mol. The van der Waals surface area contributed by atoms with Gasteiger partial charge in [0.15, 0.2) is 0 Å². The van der Waals surface area contributed by atoms with Gasteiger partial charge < -0.3 is 0 Å². The SMILES string of the molecule is CCc1nc(Cl)c2c(n1)-c1ccc(Cl)cc1N(S(=O)(=O)c1ccc(C)cc1)CC2. The van der Waals surface area contributed by atoms with E-state index in [4.69, 9.17) is 23.2 Å². The summed E-state index contributed by atoms with van der Waals surface area (Å²) in [5.74, 6) is 0.615. The number of benzene rings is 2. The van der Waals surface area contributed by atoms with Crippen molar-refractivity contribution in [3.8, 4) is 11.3 Å². The molecule has 5 nitrogen and oxygen atoms in total. The molecule has 0 amide bonds. The van der Waals surface area contributed by atoms with E-state index in [-0.39, 0.29) is 11.4 Å². The lowest BCUT2D eigenvalue weighted by Crippen LogP contribution is -2.32. The molecule has 0 N–H and O–H groups in total. The monoisotopic (exact) mass is 447 g/mol. The first-order valence-electron chi connectivity index (χ1n) is 9.26. The topological polar surface area (TPSA) is 63.2 Å². The Morgan fingerprint density at radius 2 is 1.79 bits per heavy atom. The maximum atomic E-state index is 13.5. The van der Waals surface area contributed by atoms with Crippen LogP contribution in [0.2, 0.25) is 10.2 Å². The summed E-state index contributed by atoms with van der Waals surface area (Å²) in [7, 11) is -3.80. The third-order valence-corrected chi connectivity index (χ3v) is 7.35. The van der Waals surface area contributed by atoms with Crippen molar-refractivity contribution in [2.45, 2.75) is 31.6 Å². The number of anilines is 1. The first-order chi connectivity index (χ1) is 13.8. The summed E-state index contributed by atoms with van der Waals surface area (Å²) in [6, 6.07) is 12.0. The van der Waals surface area contributed by atoms with Gasteiger partial charge in [-0.1, -0.05) is 47.8 Å². The molecule has 0 spiro atoms. The van der Waals surface area contributed by atoms with Gasteiger partial charge in [0, 0.05) is 29.1 Å². The van der Waals surface area contributed by atoms with Gasteiger partial charge in [0.05, 0.1) is 16.3 Å². The summed E-state index contributed by atoms with van der Waals surface area (Å²) >= 11 is 12.7. The fourth-order valence-electron chi connectivity index (χ4n) is 3.43. The second-order valence-corrected chi connectivity index (χ2v) is 9.57. The van der Waals surface area contributed by atoms with Crippen LogP contribution in [0.25, 0.3) is 11.3 Å². The highest BCUT2D eigenvalue weighted by Crippen LogP contribution is 2.41. The number of fused-ring (bicyclic) bond motifs is 3. The minimum Gasteiger partial charge on any atom is -0.265 e.